The van der Waals surface area contributed by atoms with Crippen LogP contribution in [0.2, 0.25) is 0 Å². The molecule has 24 heavy (non-hydrogen) atoms. The number of nitrogens with zero attached hydrogens (tertiary/aromatic N) is 1. The highest BCUT2D eigenvalue weighted by molar-refractivity contribution is 6.12. The van der Waals surface area contributed by atoms with E-state index in [9.17, 15) is 9.50 Å². The van der Waals surface area contributed by atoms with Crippen molar-refractivity contribution in [1.29, 1.82) is 0 Å². The number of para-hydroxylation sites is 1. The fourth-order valence-electron chi connectivity index (χ4n) is 4.04. The van der Waals surface area contributed by atoms with Crippen LogP contribution in [0, 0.1) is 5.82 Å². The lowest BCUT2D eigenvalue weighted by Crippen LogP contribution is -2.12. The SMILES string of the molecule is CC1=C(CCO)c2cc(F)ccc2/C1=C1\CN(C)c2ccccc21. The van der Waals surface area contributed by atoms with E-state index in [4.69, 9.17) is 0 Å². The van der Waals surface area contributed by atoms with Gasteiger partial charge < -0.3 is 10.0 Å². The minimum atomic E-state index is -0.229. The van der Waals surface area contributed by atoms with Crippen molar-refractivity contribution < 1.29 is 9.50 Å². The number of anilines is 1. The summed E-state index contributed by atoms with van der Waals surface area (Å²) in [5, 5.41) is 9.44. The van der Waals surface area contributed by atoms with Gasteiger partial charge in [0, 0.05) is 31.5 Å². The summed E-state index contributed by atoms with van der Waals surface area (Å²) in [6, 6.07) is 13.4. The average molecular weight is 321 g/mol. The van der Waals surface area contributed by atoms with E-state index >= 15 is 0 Å². The number of hydrogen-bond acceptors (Lipinski definition) is 2. The van der Waals surface area contributed by atoms with E-state index in [0.29, 0.717) is 6.42 Å². The number of halogens is 1. The summed E-state index contributed by atoms with van der Waals surface area (Å²) in [5.74, 6) is -0.229. The molecule has 0 saturated carbocycles. The minimum absolute atomic E-state index is 0.0712. The largest absolute Gasteiger partial charge is 0.396 e. The van der Waals surface area contributed by atoms with Crippen LogP contribution in [0.3, 0.4) is 0 Å². The van der Waals surface area contributed by atoms with Gasteiger partial charge >= 0.3 is 0 Å². The number of aliphatic hydroxyl groups is 1. The van der Waals surface area contributed by atoms with Crippen molar-refractivity contribution in [3.63, 3.8) is 0 Å². The van der Waals surface area contributed by atoms with E-state index < -0.39 is 0 Å². The molecule has 2 aliphatic rings. The maximum absolute atomic E-state index is 13.8. The Morgan fingerprint density at radius 2 is 1.88 bits per heavy atom. The molecule has 0 amide bonds. The Morgan fingerprint density at radius 1 is 1.08 bits per heavy atom. The number of allylic oxidation sites excluding steroid dienone is 2. The molecule has 0 atom stereocenters. The third kappa shape index (κ3) is 2.12. The Kier molecular flexibility index (Phi) is 3.54. The Balaban J connectivity index is 2.00. The molecule has 1 heterocycles. The van der Waals surface area contributed by atoms with Crippen molar-refractivity contribution in [3.8, 4) is 0 Å². The van der Waals surface area contributed by atoms with Crippen molar-refractivity contribution in [2.45, 2.75) is 13.3 Å². The van der Waals surface area contributed by atoms with Crippen LogP contribution >= 0.6 is 0 Å². The molecule has 2 aromatic carbocycles. The maximum Gasteiger partial charge on any atom is 0.123 e. The number of rotatable bonds is 2. The van der Waals surface area contributed by atoms with Gasteiger partial charge in [0.05, 0.1) is 0 Å². The first-order chi connectivity index (χ1) is 11.6. The Labute approximate surface area is 141 Å². The van der Waals surface area contributed by atoms with Gasteiger partial charge in [0.15, 0.2) is 0 Å². The predicted octanol–water partition coefficient (Wildman–Crippen LogP) is 4.36. The molecule has 3 heteroatoms. The number of fused-ring (bicyclic) bond motifs is 2. The zero-order valence-electron chi connectivity index (χ0n) is 13.9. The molecular formula is C21H20FNO. The highest BCUT2D eigenvalue weighted by atomic mass is 19.1. The second-order valence-electron chi connectivity index (χ2n) is 6.49. The fraction of sp³-hybridized carbons (Fsp3) is 0.238. The Morgan fingerprint density at radius 3 is 2.67 bits per heavy atom. The summed E-state index contributed by atoms with van der Waals surface area (Å²) < 4.78 is 13.8. The zero-order valence-corrected chi connectivity index (χ0v) is 13.9. The van der Waals surface area contributed by atoms with Crippen LogP contribution in [0.25, 0.3) is 16.7 Å². The van der Waals surface area contributed by atoms with Crippen molar-refractivity contribution in [2.75, 3.05) is 25.1 Å². The zero-order chi connectivity index (χ0) is 16.8. The molecule has 0 aromatic heterocycles. The molecular weight excluding hydrogens is 301 g/mol. The summed E-state index contributed by atoms with van der Waals surface area (Å²) in [5.41, 5.74) is 9.18. The Hall–Kier alpha value is -2.39. The van der Waals surface area contributed by atoms with E-state index in [1.807, 2.05) is 6.07 Å². The van der Waals surface area contributed by atoms with E-state index in [1.54, 1.807) is 6.07 Å². The van der Waals surface area contributed by atoms with Crippen LogP contribution in [0.15, 0.2) is 48.0 Å². The molecule has 2 aromatic rings. The monoisotopic (exact) mass is 321 g/mol. The molecule has 0 fully saturated rings. The van der Waals surface area contributed by atoms with Crippen LogP contribution in [0.1, 0.15) is 30.0 Å². The van der Waals surface area contributed by atoms with Crippen LogP contribution in [0.4, 0.5) is 10.1 Å². The maximum atomic E-state index is 13.8. The lowest BCUT2D eigenvalue weighted by Gasteiger charge is -2.11. The third-order valence-corrected chi connectivity index (χ3v) is 5.10. The van der Waals surface area contributed by atoms with Crippen molar-refractivity contribution in [2.24, 2.45) is 0 Å². The lowest BCUT2D eigenvalue weighted by molar-refractivity contribution is 0.305. The van der Waals surface area contributed by atoms with Gasteiger partial charge in [-0.3, -0.25) is 0 Å². The number of benzene rings is 2. The number of hydrogen-bond donors (Lipinski definition) is 1. The number of aliphatic hydroxyl groups excluding tert-OH is 1. The molecule has 122 valence electrons. The summed E-state index contributed by atoms with van der Waals surface area (Å²) >= 11 is 0. The molecule has 0 unspecified atom stereocenters. The molecule has 0 spiro atoms. The predicted molar refractivity (Wildman–Crippen MR) is 97.2 cm³/mol. The van der Waals surface area contributed by atoms with Crippen molar-refractivity contribution in [3.05, 3.63) is 70.5 Å². The molecule has 4 rings (SSSR count). The topological polar surface area (TPSA) is 23.5 Å². The molecule has 0 bridgehead atoms. The fourth-order valence-corrected chi connectivity index (χ4v) is 4.04. The molecule has 2 nitrogen and oxygen atoms in total. The van der Waals surface area contributed by atoms with Gasteiger partial charge in [-0.1, -0.05) is 24.3 Å². The van der Waals surface area contributed by atoms with Crippen molar-refractivity contribution >= 4 is 22.4 Å². The molecule has 1 N–H and O–H groups in total. The number of likely N-dealkylation sites (N-methyl/N-ethyl adjacent to an activating group) is 1. The van der Waals surface area contributed by atoms with E-state index in [1.165, 1.54) is 28.5 Å². The summed E-state index contributed by atoms with van der Waals surface area (Å²) in [6.07, 6.45) is 0.552. The van der Waals surface area contributed by atoms with Crippen molar-refractivity contribution in [1.82, 2.24) is 0 Å². The second kappa shape index (κ2) is 5.60. The molecule has 1 aliphatic heterocycles. The van der Waals surface area contributed by atoms with Crippen LogP contribution in [0.5, 0.6) is 0 Å². The Bertz CT molecular complexity index is 894. The van der Waals surface area contributed by atoms with E-state index in [0.717, 1.165) is 28.8 Å². The molecule has 0 saturated heterocycles. The highest BCUT2D eigenvalue weighted by Crippen LogP contribution is 2.49. The summed E-state index contributed by atoms with van der Waals surface area (Å²) in [6.45, 7) is 3.00. The quantitative estimate of drug-likeness (QED) is 0.888. The summed E-state index contributed by atoms with van der Waals surface area (Å²) in [4.78, 5) is 2.25. The minimum Gasteiger partial charge on any atom is -0.396 e. The first-order valence-electron chi connectivity index (χ1n) is 8.26. The first kappa shape index (κ1) is 15.2. The first-order valence-corrected chi connectivity index (χ1v) is 8.26. The highest BCUT2D eigenvalue weighted by Gasteiger charge is 2.30. The lowest BCUT2D eigenvalue weighted by atomic mass is 9.94. The van der Waals surface area contributed by atoms with Crippen LogP contribution < -0.4 is 4.90 Å². The third-order valence-electron chi connectivity index (χ3n) is 5.10. The van der Waals surface area contributed by atoms with Crippen LogP contribution in [-0.4, -0.2) is 25.3 Å². The van der Waals surface area contributed by atoms with Gasteiger partial charge in [0.25, 0.3) is 0 Å². The van der Waals surface area contributed by atoms with Gasteiger partial charge in [0.2, 0.25) is 0 Å². The standard InChI is InChI=1S/C21H20FNO/c1-13-15(9-10-24)18-11-14(22)7-8-17(18)21(13)19-12-23(2)20-6-4-3-5-16(19)20/h3-8,11,24H,9-10,12H2,1-2H3/b21-19+. The van der Waals surface area contributed by atoms with Gasteiger partial charge in [-0.2, -0.15) is 0 Å². The van der Waals surface area contributed by atoms with Crippen LogP contribution in [-0.2, 0) is 0 Å². The molecule has 1 aliphatic carbocycles. The van der Waals surface area contributed by atoms with Gasteiger partial charge in [-0.05, 0) is 65.0 Å². The smallest absolute Gasteiger partial charge is 0.123 e. The summed E-state index contributed by atoms with van der Waals surface area (Å²) in [7, 11) is 2.10. The normalized spacial score (nSPS) is 19.1. The van der Waals surface area contributed by atoms with E-state index in [2.05, 4.69) is 43.1 Å². The van der Waals surface area contributed by atoms with E-state index in [-0.39, 0.29) is 12.4 Å². The average Bonchev–Trinajstić information content (AvgIpc) is 3.04. The van der Waals surface area contributed by atoms with Gasteiger partial charge in [0.1, 0.15) is 5.82 Å². The van der Waals surface area contributed by atoms with Gasteiger partial charge in [-0.15, -0.1) is 0 Å². The second-order valence-corrected chi connectivity index (χ2v) is 6.49. The van der Waals surface area contributed by atoms with Gasteiger partial charge in [-0.25, -0.2) is 4.39 Å². The molecule has 0 radical (unpaired) electrons.